The van der Waals surface area contributed by atoms with Gasteiger partial charge in [-0.1, -0.05) is 5.21 Å². The van der Waals surface area contributed by atoms with E-state index in [-0.39, 0.29) is 12.3 Å². The molecule has 1 aromatic heterocycles. The van der Waals surface area contributed by atoms with Crippen LogP contribution in [0, 0.1) is 5.92 Å². The maximum absolute atomic E-state index is 10.8. The fourth-order valence-corrected chi connectivity index (χ4v) is 1.57. The molecule has 14 heavy (non-hydrogen) atoms. The van der Waals surface area contributed by atoms with Gasteiger partial charge in [0.2, 0.25) is 5.91 Å². The number of carbonyl (C=O) groups is 1. The molecular formula is C9H14N4O. The van der Waals surface area contributed by atoms with E-state index < -0.39 is 0 Å². The molecule has 76 valence electrons. The minimum absolute atomic E-state index is 0.204. The third-order valence-corrected chi connectivity index (χ3v) is 2.54. The minimum atomic E-state index is -0.345. The zero-order valence-corrected chi connectivity index (χ0v) is 8.23. The van der Waals surface area contributed by atoms with E-state index in [1.807, 2.05) is 7.05 Å². The Kier molecular flexibility index (Phi) is 2.23. The molecule has 2 rings (SSSR count). The van der Waals surface area contributed by atoms with Crippen molar-refractivity contribution >= 4 is 5.91 Å². The largest absolute Gasteiger partial charge is 0.369 e. The number of hydrogen-bond donors (Lipinski definition) is 1. The van der Waals surface area contributed by atoms with Gasteiger partial charge in [-0.15, -0.1) is 5.10 Å². The molecule has 1 fully saturated rings. The fraction of sp³-hybridized carbons (Fsp3) is 0.667. The maximum Gasteiger partial charge on any atom is 0.223 e. The van der Waals surface area contributed by atoms with Crippen LogP contribution in [0.15, 0.2) is 0 Å². The molecule has 0 bridgehead atoms. The highest BCUT2D eigenvalue weighted by Gasteiger charge is 2.25. The fourth-order valence-electron chi connectivity index (χ4n) is 1.57. The molecule has 0 aliphatic heterocycles. The van der Waals surface area contributed by atoms with Crippen LogP contribution in [-0.2, 0) is 24.7 Å². The van der Waals surface area contributed by atoms with Crippen molar-refractivity contribution in [1.82, 2.24) is 15.0 Å². The monoisotopic (exact) mass is 194 g/mol. The number of aryl methyl sites for hydroxylation is 1. The number of carbonyl (C=O) groups excluding carboxylic acids is 1. The number of nitrogens with two attached hydrogens (primary N) is 1. The molecule has 1 amide bonds. The summed E-state index contributed by atoms with van der Waals surface area (Å²) in [6, 6.07) is 0. The average molecular weight is 194 g/mol. The van der Waals surface area contributed by atoms with Crippen molar-refractivity contribution in [3.05, 3.63) is 11.4 Å². The van der Waals surface area contributed by atoms with E-state index in [2.05, 4.69) is 10.3 Å². The summed E-state index contributed by atoms with van der Waals surface area (Å²) in [6.45, 7) is 0. The molecule has 0 spiro atoms. The van der Waals surface area contributed by atoms with Gasteiger partial charge in [0, 0.05) is 7.05 Å². The number of hydrogen-bond acceptors (Lipinski definition) is 3. The van der Waals surface area contributed by atoms with Gasteiger partial charge in [0.05, 0.1) is 17.8 Å². The predicted octanol–water partition coefficient (Wildman–Crippen LogP) is -0.205. The number of rotatable bonds is 4. The van der Waals surface area contributed by atoms with E-state index >= 15 is 0 Å². The summed E-state index contributed by atoms with van der Waals surface area (Å²) in [5, 5.41) is 7.86. The number of nitrogens with zero attached hydrogens (tertiary/aromatic N) is 3. The van der Waals surface area contributed by atoms with Crippen LogP contribution in [0.1, 0.15) is 24.2 Å². The molecule has 1 aromatic rings. The molecular weight excluding hydrogens is 180 g/mol. The second-order valence-electron chi connectivity index (χ2n) is 3.90. The zero-order chi connectivity index (χ0) is 10.1. The van der Waals surface area contributed by atoms with Gasteiger partial charge in [-0.05, 0) is 25.2 Å². The average Bonchev–Trinajstić information content (AvgIpc) is 2.85. The summed E-state index contributed by atoms with van der Waals surface area (Å²) in [5.74, 6) is 0.418. The molecule has 0 atom stereocenters. The van der Waals surface area contributed by atoms with Crippen molar-refractivity contribution in [3.8, 4) is 0 Å². The van der Waals surface area contributed by atoms with Gasteiger partial charge >= 0.3 is 0 Å². The molecule has 5 nitrogen and oxygen atoms in total. The number of aromatic nitrogens is 3. The molecule has 0 saturated heterocycles. The van der Waals surface area contributed by atoms with E-state index in [9.17, 15) is 4.79 Å². The maximum atomic E-state index is 10.8. The van der Waals surface area contributed by atoms with E-state index in [0.717, 1.165) is 23.7 Å². The van der Waals surface area contributed by atoms with Gasteiger partial charge in [0.25, 0.3) is 0 Å². The molecule has 1 saturated carbocycles. The molecule has 1 aliphatic rings. The second-order valence-corrected chi connectivity index (χ2v) is 3.90. The SMILES string of the molecule is Cn1nnc(CC(N)=O)c1CC1CC1. The van der Waals surface area contributed by atoms with Crippen LogP contribution in [0.2, 0.25) is 0 Å². The summed E-state index contributed by atoms with van der Waals surface area (Å²) in [7, 11) is 1.86. The highest BCUT2D eigenvalue weighted by molar-refractivity contribution is 5.76. The summed E-state index contributed by atoms with van der Waals surface area (Å²) in [4.78, 5) is 10.8. The Morgan fingerprint density at radius 1 is 1.64 bits per heavy atom. The molecule has 0 unspecified atom stereocenters. The van der Waals surface area contributed by atoms with Crippen LogP contribution in [-0.4, -0.2) is 20.9 Å². The lowest BCUT2D eigenvalue weighted by molar-refractivity contribution is -0.117. The highest BCUT2D eigenvalue weighted by Crippen LogP contribution is 2.32. The number of primary amides is 1. The van der Waals surface area contributed by atoms with Crippen molar-refractivity contribution in [3.63, 3.8) is 0 Å². The Morgan fingerprint density at radius 3 is 2.93 bits per heavy atom. The zero-order valence-electron chi connectivity index (χ0n) is 8.23. The quantitative estimate of drug-likeness (QED) is 0.721. The highest BCUT2D eigenvalue weighted by atomic mass is 16.1. The van der Waals surface area contributed by atoms with Crippen molar-refractivity contribution in [1.29, 1.82) is 0 Å². The van der Waals surface area contributed by atoms with Gasteiger partial charge in [-0.25, -0.2) is 0 Å². The first kappa shape index (κ1) is 9.18. The van der Waals surface area contributed by atoms with Crippen molar-refractivity contribution in [2.24, 2.45) is 18.7 Å². The molecule has 5 heteroatoms. The van der Waals surface area contributed by atoms with Gasteiger partial charge in [0.1, 0.15) is 0 Å². The Hall–Kier alpha value is -1.39. The third kappa shape index (κ3) is 1.92. The normalized spacial score (nSPS) is 15.8. The Balaban J connectivity index is 2.16. The van der Waals surface area contributed by atoms with Gasteiger partial charge in [-0.3, -0.25) is 9.48 Å². The number of amides is 1. The lowest BCUT2D eigenvalue weighted by Gasteiger charge is -2.01. The standard InChI is InChI=1S/C9H14N4O/c1-13-8(4-6-2-3-6)7(11-12-13)5-9(10)14/h6H,2-5H2,1H3,(H2,10,14). The van der Waals surface area contributed by atoms with E-state index in [1.54, 1.807) is 4.68 Å². The van der Waals surface area contributed by atoms with Crippen molar-refractivity contribution < 1.29 is 4.79 Å². The van der Waals surface area contributed by atoms with Crippen LogP contribution in [0.4, 0.5) is 0 Å². The first-order valence-corrected chi connectivity index (χ1v) is 4.82. The summed E-state index contributed by atoms with van der Waals surface area (Å²) in [5.41, 5.74) is 6.94. The molecule has 1 aliphatic carbocycles. The van der Waals surface area contributed by atoms with E-state index in [4.69, 9.17) is 5.73 Å². The minimum Gasteiger partial charge on any atom is -0.369 e. The first-order valence-electron chi connectivity index (χ1n) is 4.82. The second kappa shape index (κ2) is 3.40. The van der Waals surface area contributed by atoms with Crippen molar-refractivity contribution in [2.75, 3.05) is 0 Å². The Labute approximate surface area is 82.3 Å². The van der Waals surface area contributed by atoms with Crippen LogP contribution in [0.3, 0.4) is 0 Å². The topological polar surface area (TPSA) is 73.8 Å². The van der Waals surface area contributed by atoms with E-state index in [1.165, 1.54) is 12.8 Å². The van der Waals surface area contributed by atoms with Crippen LogP contribution < -0.4 is 5.73 Å². The van der Waals surface area contributed by atoms with E-state index in [0.29, 0.717) is 0 Å². The van der Waals surface area contributed by atoms with Gasteiger partial charge in [0.15, 0.2) is 0 Å². The first-order chi connectivity index (χ1) is 6.66. The Bertz CT molecular complexity index is 354. The van der Waals surface area contributed by atoms with Crippen LogP contribution in [0.5, 0.6) is 0 Å². The lowest BCUT2D eigenvalue weighted by atomic mass is 10.1. The molecule has 0 radical (unpaired) electrons. The molecule has 0 aromatic carbocycles. The van der Waals surface area contributed by atoms with Crippen LogP contribution in [0.25, 0.3) is 0 Å². The van der Waals surface area contributed by atoms with Gasteiger partial charge < -0.3 is 5.73 Å². The summed E-state index contributed by atoms with van der Waals surface area (Å²) in [6.07, 6.45) is 3.74. The van der Waals surface area contributed by atoms with Crippen molar-refractivity contribution in [2.45, 2.75) is 25.7 Å². The Morgan fingerprint density at radius 2 is 2.36 bits per heavy atom. The predicted molar refractivity (Wildman–Crippen MR) is 50.3 cm³/mol. The van der Waals surface area contributed by atoms with Gasteiger partial charge in [-0.2, -0.15) is 0 Å². The summed E-state index contributed by atoms with van der Waals surface area (Å²) < 4.78 is 1.75. The third-order valence-electron chi connectivity index (χ3n) is 2.54. The lowest BCUT2D eigenvalue weighted by Crippen LogP contribution is -2.15. The van der Waals surface area contributed by atoms with Crippen LogP contribution >= 0.6 is 0 Å². The smallest absolute Gasteiger partial charge is 0.223 e. The summed E-state index contributed by atoms with van der Waals surface area (Å²) >= 11 is 0. The molecule has 2 N–H and O–H groups in total. The molecule has 1 heterocycles.